The molecule has 1 aromatic heterocycles. The quantitative estimate of drug-likeness (QED) is 0.906. The zero-order chi connectivity index (χ0) is 14.8. The number of aromatic nitrogens is 1. The highest BCUT2D eigenvalue weighted by molar-refractivity contribution is 5.96. The zero-order valence-electron chi connectivity index (χ0n) is 12.1. The van der Waals surface area contributed by atoms with Crippen LogP contribution in [0.4, 0.5) is 0 Å². The first-order valence-electron chi connectivity index (χ1n) is 7.23. The Morgan fingerprint density at radius 1 is 1.38 bits per heavy atom. The van der Waals surface area contributed by atoms with Crippen LogP contribution < -0.4 is 11.1 Å². The van der Waals surface area contributed by atoms with Gasteiger partial charge in [0.25, 0.3) is 5.91 Å². The Balaban J connectivity index is 2.00. The molecule has 0 saturated carbocycles. The fourth-order valence-electron chi connectivity index (χ4n) is 2.64. The van der Waals surface area contributed by atoms with Crippen molar-refractivity contribution in [1.29, 1.82) is 0 Å². The van der Waals surface area contributed by atoms with Crippen molar-refractivity contribution in [3.05, 3.63) is 41.4 Å². The van der Waals surface area contributed by atoms with E-state index in [0.717, 1.165) is 37.1 Å². The molecule has 110 valence electrons. The summed E-state index contributed by atoms with van der Waals surface area (Å²) in [5, 5.41) is 3.32. The van der Waals surface area contributed by atoms with Gasteiger partial charge < -0.3 is 15.5 Å². The predicted octanol–water partition coefficient (Wildman–Crippen LogP) is 2.22. The molecular weight excluding hydrogens is 266 g/mol. The van der Waals surface area contributed by atoms with Crippen molar-refractivity contribution in [2.24, 2.45) is 5.73 Å². The summed E-state index contributed by atoms with van der Waals surface area (Å²) in [6.07, 6.45) is 2.10. The summed E-state index contributed by atoms with van der Waals surface area (Å²) in [5.74, 6) is 0.732. The highest BCUT2D eigenvalue weighted by atomic mass is 16.4. The van der Waals surface area contributed by atoms with Crippen LogP contribution in [0.3, 0.4) is 0 Å². The lowest BCUT2D eigenvalue weighted by Crippen LogP contribution is -2.28. The zero-order valence-corrected chi connectivity index (χ0v) is 12.1. The van der Waals surface area contributed by atoms with Crippen LogP contribution in [0, 0.1) is 6.92 Å². The molecule has 5 heteroatoms. The fraction of sp³-hybridized carbons (Fsp3) is 0.375. The monoisotopic (exact) mass is 285 g/mol. The first-order chi connectivity index (χ1) is 10.1. The van der Waals surface area contributed by atoms with Crippen LogP contribution >= 0.6 is 0 Å². The topological polar surface area (TPSA) is 81.2 Å². The van der Waals surface area contributed by atoms with Gasteiger partial charge in [0.1, 0.15) is 0 Å². The number of piperidine rings is 1. The molecule has 0 bridgehead atoms. The average molecular weight is 285 g/mol. The van der Waals surface area contributed by atoms with E-state index in [1.807, 2.05) is 31.2 Å². The number of nitrogens with zero attached hydrogens (tertiary/aromatic N) is 1. The Morgan fingerprint density at radius 2 is 2.14 bits per heavy atom. The second-order valence-corrected chi connectivity index (χ2v) is 5.50. The van der Waals surface area contributed by atoms with Crippen molar-refractivity contribution in [3.8, 4) is 11.3 Å². The molecule has 1 atom stereocenters. The van der Waals surface area contributed by atoms with Crippen LogP contribution in [0.2, 0.25) is 0 Å². The van der Waals surface area contributed by atoms with Gasteiger partial charge in [0.05, 0.1) is 0 Å². The van der Waals surface area contributed by atoms with Gasteiger partial charge in [0.2, 0.25) is 0 Å². The number of hydrogen-bond acceptors (Lipinski definition) is 4. The summed E-state index contributed by atoms with van der Waals surface area (Å²) in [4.78, 5) is 16.0. The third kappa shape index (κ3) is 2.83. The summed E-state index contributed by atoms with van der Waals surface area (Å²) in [6.45, 7) is 3.86. The maximum absolute atomic E-state index is 11.6. The molecule has 1 aliphatic heterocycles. The van der Waals surface area contributed by atoms with Gasteiger partial charge in [-0.15, -0.1) is 0 Å². The molecule has 0 spiro atoms. The molecule has 3 N–H and O–H groups in total. The first kappa shape index (κ1) is 13.8. The molecule has 2 heterocycles. The molecule has 1 saturated heterocycles. The van der Waals surface area contributed by atoms with Crippen LogP contribution in [0.1, 0.15) is 40.7 Å². The number of hydrogen-bond donors (Lipinski definition) is 2. The number of primary amides is 1. The Morgan fingerprint density at radius 3 is 2.76 bits per heavy atom. The Bertz CT molecular complexity index is 640. The van der Waals surface area contributed by atoms with E-state index < -0.39 is 5.91 Å². The third-order valence-corrected chi connectivity index (χ3v) is 3.84. The molecule has 2 aromatic rings. The highest BCUT2D eigenvalue weighted by Gasteiger charge is 2.25. The van der Waals surface area contributed by atoms with Crippen molar-refractivity contribution in [1.82, 2.24) is 10.3 Å². The lowest BCUT2D eigenvalue weighted by molar-refractivity contribution is 0.0996. The van der Waals surface area contributed by atoms with Crippen LogP contribution in [0.25, 0.3) is 11.3 Å². The molecule has 5 nitrogen and oxygen atoms in total. The summed E-state index contributed by atoms with van der Waals surface area (Å²) in [6, 6.07) is 7.80. The van der Waals surface area contributed by atoms with E-state index in [4.69, 9.17) is 10.2 Å². The minimum absolute atomic E-state index is 0.205. The molecule has 1 aromatic carbocycles. The van der Waals surface area contributed by atoms with Crippen LogP contribution in [-0.4, -0.2) is 24.0 Å². The van der Waals surface area contributed by atoms with Crippen molar-refractivity contribution in [2.45, 2.75) is 25.7 Å². The largest absolute Gasteiger partial charge is 0.439 e. The van der Waals surface area contributed by atoms with E-state index in [-0.39, 0.29) is 11.6 Å². The lowest BCUT2D eigenvalue weighted by atomic mass is 10.00. The van der Waals surface area contributed by atoms with Crippen molar-refractivity contribution < 1.29 is 9.21 Å². The van der Waals surface area contributed by atoms with Crippen molar-refractivity contribution >= 4 is 5.91 Å². The van der Waals surface area contributed by atoms with Gasteiger partial charge in [-0.2, -0.15) is 0 Å². The predicted molar refractivity (Wildman–Crippen MR) is 80.0 cm³/mol. The van der Waals surface area contributed by atoms with E-state index in [1.165, 1.54) is 0 Å². The smallest absolute Gasteiger partial charge is 0.271 e. The van der Waals surface area contributed by atoms with E-state index in [9.17, 15) is 4.79 Å². The molecule has 21 heavy (non-hydrogen) atoms. The number of nitrogens with one attached hydrogen (secondary N) is 1. The van der Waals surface area contributed by atoms with Crippen LogP contribution in [-0.2, 0) is 0 Å². The summed E-state index contributed by atoms with van der Waals surface area (Å²) >= 11 is 0. The van der Waals surface area contributed by atoms with Gasteiger partial charge in [0, 0.05) is 18.0 Å². The molecule has 1 unspecified atom stereocenters. The number of carbonyl (C=O) groups excluding carboxylic acids is 1. The first-order valence-corrected chi connectivity index (χ1v) is 7.23. The Labute approximate surface area is 123 Å². The van der Waals surface area contributed by atoms with Gasteiger partial charge in [-0.1, -0.05) is 29.8 Å². The van der Waals surface area contributed by atoms with E-state index >= 15 is 0 Å². The number of carbonyl (C=O) groups is 1. The van der Waals surface area contributed by atoms with Crippen molar-refractivity contribution in [3.63, 3.8) is 0 Å². The van der Waals surface area contributed by atoms with Gasteiger partial charge in [-0.05, 0) is 26.3 Å². The third-order valence-electron chi connectivity index (χ3n) is 3.84. The number of amides is 1. The second-order valence-electron chi connectivity index (χ2n) is 5.50. The molecule has 1 amide bonds. The van der Waals surface area contributed by atoms with E-state index in [1.54, 1.807) is 0 Å². The Kier molecular flexibility index (Phi) is 3.75. The van der Waals surface area contributed by atoms with Crippen LogP contribution in [0.5, 0.6) is 0 Å². The summed E-state index contributed by atoms with van der Waals surface area (Å²) in [5.41, 5.74) is 7.65. The lowest BCUT2D eigenvalue weighted by Gasteiger charge is -2.19. The van der Waals surface area contributed by atoms with Gasteiger partial charge in [0.15, 0.2) is 17.3 Å². The minimum atomic E-state index is -0.552. The second kappa shape index (κ2) is 5.69. The number of oxazole rings is 1. The maximum Gasteiger partial charge on any atom is 0.271 e. The number of benzene rings is 1. The summed E-state index contributed by atoms with van der Waals surface area (Å²) < 4.78 is 5.89. The average Bonchev–Trinajstić information content (AvgIpc) is 2.94. The van der Waals surface area contributed by atoms with Crippen molar-refractivity contribution in [2.75, 3.05) is 13.1 Å². The van der Waals surface area contributed by atoms with E-state index in [2.05, 4.69) is 10.3 Å². The SMILES string of the molecule is Cc1ccc(-c2oc(C3CCCNC3)nc2C(N)=O)cc1. The normalized spacial score (nSPS) is 18.6. The van der Waals surface area contributed by atoms with E-state index in [0.29, 0.717) is 11.7 Å². The molecule has 0 aliphatic carbocycles. The molecule has 1 fully saturated rings. The summed E-state index contributed by atoms with van der Waals surface area (Å²) in [7, 11) is 0. The number of nitrogens with two attached hydrogens (primary N) is 1. The van der Waals surface area contributed by atoms with Gasteiger partial charge in [-0.25, -0.2) is 4.98 Å². The minimum Gasteiger partial charge on any atom is -0.439 e. The van der Waals surface area contributed by atoms with Gasteiger partial charge >= 0.3 is 0 Å². The molecule has 0 radical (unpaired) electrons. The fourth-order valence-corrected chi connectivity index (χ4v) is 2.64. The standard InChI is InChI=1S/C16H19N3O2/c1-10-4-6-11(7-5-10)14-13(15(17)20)19-16(21-14)12-3-2-8-18-9-12/h4-7,12,18H,2-3,8-9H2,1H3,(H2,17,20). The van der Waals surface area contributed by atoms with Gasteiger partial charge in [-0.3, -0.25) is 4.79 Å². The van der Waals surface area contributed by atoms with Crippen LogP contribution in [0.15, 0.2) is 28.7 Å². The number of rotatable bonds is 3. The molecule has 1 aliphatic rings. The molecule has 3 rings (SSSR count). The Hall–Kier alpha value is -2.14. The maximum atomic E-state index is 11.6. The molecular formula is C16H19N3O2. The highest BCUT2D eigenvalue weighted by Crippen LogP contribution is 2.30. The number of aryl methyl sites for hydroxylation is 1.